The molecule has 6 nitrogen and oxygen atoms in total. The normalized spacial score (nSPS) is 11.9. The number of rotatable bonds is 6. The van der Waals surface area contributed by atoms with Crippen LogP contribution in [0.3, 0.4) is 0 Å². The smallest absolute Gasteiger partial charge is 0.726 e. The number of ether oxygens (including phenoxy) is 1. The van der Waals surface area contributed by atoms with Crippen LogP contribution in [0.15, 0.2) is 72.8 Å². The molecule has 3 aromatic carbocycles. The Morgan fingerprint density at radius 1 is 0.966 bits per heavy atom. The van der Waals surface area contributed by atoms with Crippen LogP contribution < -0.4 is 56.1 Å². The summed E-state index contributed by atoms with van der Waals surface area (Å²) in [6, 6.07) is 25.6. The third kappa shape index (κ3) is 9.69. The van der Waals surface area contributed by atoms with Crippen molar-refractivity contribution in [1.82, 2.24) is 4.90 Å². The molecule has 150 valence electrons. The summed E-state index contributed by atoms with van der Waals surface area (Å²) < 4.78 is 38.9. The zero-order valence-electron chi connectivity index (χ0n) is 16.9. The van der Waals surface area contributed by atoms with Crippen molar-refractivity contribution in [3.05, 3.63) is 78.4 Å². The molecule has 0 fully saturated rings. The molecule has 0 aliphatic rings. The number of fused-ring (bicyclic) bond motifs is 1. The summed E-state index contributed by atoms with van der Waals surface area (Å²) in [5.74, 6) is 0.966. The molecule has 3 rings (SSSR count). The maximum Gasteiger partial charge on any atom is 1.00 e. The summed E-state index contributed by atoms with van der Waals surface area (Å²) in [5.41, 5.74) is 1.33. The average Bonchev–Trinajstić information content (AvgIpc) is 2.64. The molecular formula is C21H24KNO5S. The first-order valence-electron chi connectivity index (χ1n) is 8.76. The van der Waals surface area contributed by atoms with Crippen LogP contribution in [0.1, 0.15) is 18.0 Å². The molecule has 3 aromatic rings. The van der Waals surface area contributed by atoms with Gasteiger partial charge >= 0.3 is 51.4 Å². The van der Waals surface area contributed by atoms with Crippen LogP contribution in [0.25, 0.3) is 10.8 Å². The fraction of sp³-hybridized carbons (Fsp3) is 0.238. The van der Waals surface area contributed by atoms with Gasteiger partial charge in [0.25, 0.3) is 0 Å². The van der Waals surface area contributed by atoms with E-state index in [0.717, 1.165) is 12.2 Å². The minimum Gasteiger partial charge on any atom is -0.726 e. The molecule has 1 atom stereocenters. The van der Waals surface area contributed by atoms with E-state index in [4.69, 9.17) is 22.3 Å². The van der Waals surface area contributed by atoms with Crippen LogP contribution >= 0.6 is 0 Å². The third-order valence-electron chi connectivity index (χ3n) is 4.21. The number of hydrogen-bond acceptors (Lipinski definition) is 5. The van der Waals surface area contributed by atoms with E-state index in [1.807, 2.05) is 0 Å². The first-order valence-corrected chi connectivity index (χ1v) is 10.1. The van der Waals surface area contributed by atoms with E-state index in [2.05, 4.69) is 91.8 Å². The van der Waals surface area contributed by atoms with Crippen LogP contribution in [0.5, 0.6) is 5.75 Å². The van der Waals surface area contributed by atoms with Crippen LogP contribution in [-0.2, 0) is 10.4 Å². The van der Waals surface area contributed by atoms with E-state index in [-0.39, 0.29) is 51.4 Å². The third-order valence-corrected chi connectivity index (χ3v) is 4.21. The van der Waals surface area contributed by atoms with Crippen molar-refractivity contribution in [3.63, 3.8) is 0 Å². The Hall–Kier alpha value is -0.814. The number of benzene rings is 3. The summed E-state index contributed by atoms with van der Waals surface area (Å²) in [6.07, 6.45) is 0.959. The molecule has 0 radical (unpaired) electrons. The van der Waals surface area contributed by atoms with E-state index in [0.29, 0.717) is 12.6 Å². The molecule has 0 aromatic heterocycles. The minimum absolute atomic E-state index is 0. The van der Waals surface area contributed by atoms with Gasteiger partial charge in [-0.3, -0.25) is 4.55 Å². The van der Waals surface area contributed by atoms with Crippen molar-refractivity contribution >= 4 is 21.2 Å². The standard InChI is InChI=1S/C21H23NO.K.H2O4S/c1-22(2)20(18-10-4-3-5-11-18)15-16-23-21-14-8-12-17-9-6-7-13-19(17)21;;1-5(2,3)4/h3-14,20H,15-16H2,1-2H3;;(H2,1,2,3,4)/q;+1;/p-1/t20-;;/m0../s1. The number of hydrogen-bond donors (Lipinski definition) is 1. The average molecular weight is 442 g/mol. The molecule has 0 heterocycles. The minimum atomic E-state index is -4.92. The molecule has 0 spiro atoms. The van der Waals surface area contributed by atoms with E-state index in [1.165, 1.54) is 16.3 Å². The van der Waals surface area contributed by atoms with Gasteiger partial charge in [-0.25, -0.2) is 8.42 Å². The van der Waals surface area contributed by atoms with E-state index >= 15 is 0 Å². The summed E-state index contributed by atoms with van der Waals surface area (Å²) in [7, 11) is -0.675. The summed E-state index contributed by atoms with van der Waals surface area (Å²) in [4.78, 5) is 2.25. The molecule has 0 saturated heterocycles. The Morgan fingerprint density at radius 2 is 1.52 bits per heavy atom. The molecule has 8 heteroatoms. The van der Waals surface area contributed by atoms with Gasteiger partial charge in [-0.2, -0.15) is 0 Å². The van der Waals surface area contributed by atoms with Crippen LogP contribution in [-0.4, -0.2) is 43.1 Å². The summed E-state index contributed by atoms with van der Waals surface area (Å²) in [5, 5.41) is 2.40. The monoisotopic (exact) mass is 441 g/mol. The second-order valence-electron chi connectivity index (χ2n) is 6.43. The predicted molar refractivity (Wildman–Crippen MR) is 109 cm³/mol. The van der Waals surface area contributed by atoms with Gasteiger partial charge in [0.2, 0.25) is 10.4 Å². The van der Waals surface area contributed by atoms with Crippen molar-refractivity contribution in [2.45, 2.75) is 12.5 Å². The molecule has 0 aliphatic heterocycles. The molecule has 0 aliphatic carbocycles. The van der Waals surface area contributed by atoms with Crippen molar-refractivity contribution in [2.24, 2.45) is 0 Å². The quantitative estimate of drug-likeness (QED) is 0.348. The van der Waals surface area contributed by atoms with Crippen LogP contribution in [0.4, 0.5) is 0 Å². The molecule has 29 heavy (non-hydrogen) atoms. The fourth-order valence-corrected chi connectivity index (χ4v) is 3.00. The van der Waals surface area contributed by atoms with Gasteiger partial charge in [-0.1, -0.05) is 66.7 Å². The maximum atomic E-state index is 8.63. The second kappa shape index (κ2) is 12.8. The zero-order valence-corrected chi connectivity index (χ0v) is 20.8. The SMILES string of the molecule is CN(C)[C@@H](CCOc1cccc2ccccc12)c1ccccc1.O=S(=O)([O-])O.[K+]. The fourth-order valence-electron chi connectivity index (χ4n) is 3.00. The molecule has 0 saturated carbocycles. The molecule has 0 amide bonds. The molecule has 0 bridgehead atoms. The van der Waals surface area contributed by atoms with Crippen LogP contribution in [0.2, 0.25) is 0 Å². The van der Waals surface area contributed by atoms with E-state index < -0.39 is 10.4 Å². The molecule has 1 N–H and O–H groups in total. The first-order chi connectivity index (χ1) is 13.3. The Bertz CT molecular complexity index is 967. The zero-order chi connectivity index (χ0) is 20.6. The van der Waals surface area contributed by atoms with Gasteiger partial charge in [0.15, 0.2) is 0 Å². The van der Waals surface area contributed by atoms with Gasteiger partial charge in [0.1, 0.15) is 5.75 Å². The second-order valence-corrected chi connectivity index (χ2v) is 7.29. The van der Waals surface area contributed by atoms with Crippen molar-refractivity contribution in [1.29, 1.82) is 0 Å². The van der Waals surface area contributed by atoms with Gasteiger partial charge in [0.05, 0.1) is 6.61 Å². The van der Waals surface area contributed by atoms with Crippen molar-refractivity contribution in [3.8, 4) is 5.75 Å². The van der Waals surface area contributed by atoms with Crippen molar-refractivity contribution < 1.29 is 73.6 Å². The Labute approximate surface area is 214 Å². The van der Waals surface area contributed by atoms with Gasteiger partial charge in [-0.05, 0) is 31.1 Å². The van der Waals surface area contributed by atoms with Gasteiger partial charge in [0, 0.05) is 17.8 Å². The van der Waals surface area contributed by atoms with Crippen molar-refractivity contribution in [2.75, 3.05) is 20.7 Å². The summed E-state index contributed by atoms with van der Waals surface area (Å²) in [6.45, 7) is 0.700. The van der Waals surface area contributed by atoms with E-state index in [1.54, 1.807) is 0 Å². The first kappa shape index (κ1) is 26.2. The summed E-state index contributed by atoms with van der Waals surface area (Å²) >= 11 is 0. The van der Waals surface area contributed by atoms with Gasteiger partial charge < -0.3 is 14.2 Å². The van der Waals surface area contributed by atoms with E-state index in [9.17, 15) is 0 Å². The Balaban J connectivity index is 0.000000628. The van der Waals surface area contributed by atoms with Crippen LogP contribution in [0, 0.1) is 0 Å². The maximum absolute atomic E-state index is 8.63. The largest absolute Gasteiger partial charge is 1.00 e. The Kier molecular flexibility index (Phi) is 11.6. The van der Waals surface area contributed by atoms with Gasteiger partial charge in [-0.15, -0.1) is 0 Å². The molecular weight excluding hydrogens is 417 g/mol. The topological polar surface area (TPSA) is 89.9 Å². The Morgan fingerprint density at radius 3 is 2.14 bits per heavy atom. The number of nitrogens with zero attached hydrogens (tertiary/aromatic N) is 1. The molecule has 0 unspecified atom stereocenters. The predicted octanol–water partition coefficient (Wildman–Crippen LogP) is 0.920.